The molecular formula is C25H19FN2O4. The van der Waals surface area contributed by atoms with Gasteiger partial charge in [-0.2, -0.15) is 0 Å². The minimum absolute atomic E-state index is 0.109. The average Bonchev–Trinajstić information content (AvgIpc) is 3.30. The molecule has 160 valence electrons. The standard InChI is InChI=1S/C25H19FN2O4/c26-18-11-9-17(10-12-18)22-13-14-23(32-22)25(30)28-20-7-4-8-21(15-20)31-16-24(29)27-19-5-2-1-3-6-19/h1-15H,16H2,(H,27,29)(H,28,30). The molecule has 0 unspecified atom stereocenters. The summed E-state index contributed by atoms with van der Waals surface area (Å²) >= 11 is 0. The van der Waals surface area contributed by atoms with E-state index in [0.717, 1.165) is 0 Å². The number of para-hydroxylation sites is 1. The molecule has 0 radical (unpaired) electrons. The van der Waals surface area contributed by atoms with Crippen molar-refractivity contribution < 1.29 is 23.1 Å². The average molecular weight is 430 g/mol. The molecule has 6 nitrogen and oxygen atoms in total. The summed E-state index contributed by atoms with van der Waals surface area (Å²) in [5, 5.41) is 5.46. The van der Waals surface area contributed by atoms with Crippen LogP contribution in [0, 0.1) is 5.82 Å². The lowest BCUT2D eigenvalue weighted by Crippen LogP contribution is -2.20. The summed E-state index contributed by atoms with van der Waals surface area (Å²) in [4.78, 5) is 24.6. The van der Waals surface area contributed by atoms with Gasteiger partial charge in [0.25, 0.3) is 11.8 Å². The molecule has 0 fully saturated rings. The fourth-order valence-electron chi connectivity index (χ4n) is 2.95. The van der Waals surface area contributed by atoms with Crippen LogP contribution in [-0.4, -0.2) is 18.4 Å². The molecule has 2 amide bonds. The number of carbonyl (C=O) groups is 2. The second-order valence-electron chi connectivity index (χ2n) is 6.86. The number of halogens is 1. The van der Waals surface area contributed by atoms with Crippen molar-refractivity contribution in [3.8, 4) is 17.1 Å². The Labute approximate surface area is 183 Å². The maximum Gasteiger partial charge on any atom is 0.291 e. The van der Waals surface area contributed by atoms with E-state index < -0.39 is 5.91 Å². The Bertz CT molecular complexity index is 1220. The van der Waals surface area contributed by atoms with Crippen LogP contribution in [0.5, 0.6) is 5.75 Å². The molecule has 4 rings (SSSR count). The molecule has 32 heavy (non-hydrogen) atoms. The molecule has 0 saturated carbocycles. The Balaban J connectivity index is 1.35. The van der Waals surface area contributed by atoms with Crippen LogP contribution in [0.3, 0.4) is 0 Å². The SMILES string of the molecule is O=C(COc1cccc(NC(=O)c2ccc(-c3ccc(F)cc3)o2)c1)Nc1ccccc1. The van der Waals surface area contributed by atoms with Crippen LogP contribution in [0.4, 0.5) is 15.8 Å². The number of amides is 2. The molecule has 0 spiro atoms. The first-order valence-corrected chi connectivity index (χ1v) is 9.82. The Morgan fingerprint density at radius 1 is 0.812 bits per heavy atom. The number of hydrogen-bond donors (Lipinski definition) is 2. The number of nitrogens with one attached hydrogen (secondary N) is 2. The fourth-order valence-corrected chi connectivity index (χ4v) is 2.95. The molecule has 0 bridgehead atoms. The molecule has 7 heteroatoms. The minimum atomic E-state index is -0.447. The van der Waals surface area contributed by atoms with E-state index in [2.05, 4.69) is 10.6 Å². The van der Waals surface area contributed by atoms with Gasteiger partial charge in [-0.15, -0.1) is 0 Å². The highest BCUT2D eigenvalue weighted by Gasteiger charge is 2.13. The maximum atomic E-state index is 13.1. The van der Waals surface area contributed by atoms with Crippen LogP contribution in [-0.2, 0) is 4.79 Å². The largest absolute Gasteiger partial charge is 0.484 e. The van der Waals surface area contributed by atoms with Gasteiger partial charge in [-0.25, -0.2) is 4.39 Å². The molecule has 3 aromatic carbocycles. The predicted octanol–water partition coefficient (Wildman–Crippen LogP) is 5.36. The molecule has 0 aliphatic carbocycles. The van der Waals surface area contributed by atoms with Gasteiger partial charge in [0.15, 0.2) is 12.4 Å². The zero-order valence-electron chi connectivity index (χ0n) is 16.9. The van der Waals surface area contributed by atoms with Crippen molar-refractivity contribution in [2.45, 2.75) is 0 Å². The summed E-state index contributed by atoms with van der Waals surface area (Å²) in [6.45, 7) is -0.175. The second-order valence-corrected chi connectivity index (χ2v) is 6.86. The van der Waals surface area contributed by atoms with E-state index in [1.165, 1.54) is 12.1 Å². The Morgan fingerprint density at radius 2 is 1.56 bits per heavy atom. The van der Waals surface area contributed by atoms with Gasteiger partial charge >= 0.3 is 0 Å². The fraction of sp³-hybridized carbons (Fsp3) is 0.0400. The van der Waals surface area contributed by atoms with Crippen LogP contribution < -0.4 is 15.4 Å². The number of anilines is 2. The molecule has 4 aromatic rings. The monoisotopic (exact) mass is 430 g/mol. The van der Waals surface area contributed by atoms with Crippen molar-refractivity contribution in [3.63, 3.8) is 0 Å². The lowest BCUT2D eigenvalue weighted by molar-refractivity contribution is -0.118. The highest BCUT2D eigenvalue weighted by molar-refractivity contribution is 6.02. The number of furan rings is 1. The quantitative estimate of drug-likeness (QED) is 0.414. The van der Waals surface area contributed by atoms with Crippen LogP contribution in [0.25, 0.3) is 11.3 Å². The van der Waals surface area contributed by atoms with Crippen molar-refractivity contribution in [2.75, 3.05) is 17.2 Å². The molecule has 0 saturated heterocycles. The van der Waals surface area contributed by atoms with E-state index in [4.69, 9.17) is 9.15 Å². The van der Waals surface area contributed by atoms with Crippen molar-refractivity contribution in [1.29, 1.82) is 0 Å². The number of benzene rings is 3. The topological polar surface area (TPSA) is 80.6 Å². The van der Waals surface area contributed by atoms with E-state index in [1.807, 2.05) is 18.2 Å². The first-order valence-electron chi connectivity index (χ1n) is 9.82. The third-order valence-electron chi connectivity index (χ3n) is 4.48. The molecule has 2 N–H and O–H groups in total. The summed E-state index contributed by atoms with van der Waals surface area (Å²) in [6, 6.07) is 24.7. The molecular weight excluding hydrogens is 411 g/mol. The minimum Gasteiger partial charge on any atom is -0.484 e. The summed E-state index contributed by atoms with van der Waals surface area (Å²) in [5.41, 5.74) is 1.82. The summed E-state index contributed by atoms with van der Waals surface area (Å²) in [6.07, 6.45) is 0. The third kappa shape index (κ3) is 5.40. The first-order chi connectivity index (χ1) is 15.6. The summed E-state index contributed by atoms with van der Waals surface area (Å²) in [7, 11) is 0. The van der Waals surface area contributed by atoms with E-state index in [0.29, 0.717) is 28.4 Å². The number of hydrogen-bond acceptors (Lipinski definition) is 4. The number of carbonyl (C=O) groups excluding carboxylic acids is 2. The Morgan fingerprint density at radius 3 is 2.34 bits per heavy atom. The van der Waals surface area contributed by atoms with E-state index in [-0.39, 0.29) is 24.1 Å². The normalized spacial score (nSPS) is 10.4. The third-order valence-corrected chi connectivity index (χ3v) is 4.48. The first kappa shape index (κ1) is 20.9. The van der Waals surface area contributed by atoms with Gasteiger partial charge < -0.3 is 19.8 Å². The van der Waals surface area contributed by atoms with Crippen molar-refractivity contribution in [2.24, 2.45) is 0 Å². The zero-order valence-corrected chi connectivity index (χ0v) is 16.9. The van der Waals surface area contributed by atoms with Gasteiger partial charge in [0.2, 0.25) is 0 Å². The van der Waals surface area contributed by atoms with E-state index in [9.17, 15) is 14.0 Å². The van der Waals surface area contributed by atoms with E-state index in [1.54, 1.807) is 60.7 Å². The van der Waals surface area contributed by atoms with Crippen molar-refractivity contribution in [3.05, 3.63) is 103 Å². The molecule has 0 aliphatic heterocycles. The van der Waals surface area contributed by atoms with Crippen LogP contribution in [0.15, 0.2) is 95.4 Å². The summed E-state index contributed by atoms with van der Waals surface area (Å²) in [5.74, 6) is -0.100. The highest BCUT2D eigenvalue weighted by Crippen LogP contribution is 2.24. The van der Waals surface area contributed by atoms with Gasteiger partial charge in [-0.3, -0.25) is 9.59 Å². The van der Waals surface area contributed by atoms with Crippen molar-refractivity contribution in [1.82, 2.24) is 0 Å². The van der Waals surface area contributed by atoms with Gasteiger partial charge in [0.1, 0.15) is 17.3 Å². The second kappa shape index (κ2) is 9.61. The number of rotatable bonds is 7. The van der Waals surface area contributed by atoms with Gasteiger partial charge in [-0.1, -0.05) is 24.3 Å². The van der Waals surface area contributed by atoms with Gasteiger partial charge in [0, 0.05) is 23.0 Å². The van der Waals surface area contributed by atoms with Gasteiger partial charge in [-0.05, 0) is 60.7 Å². The van der Waals surface area contributed by atoms with Crippen LogP contribution in [0.1, 0.15) is 10.6 Å². The summed E-state index contributed by atoms with van der Waals surface area (Å²) < 4.78 is 24.2. The van der Waals surface area contributed by atoms with Gasteiger partial charge in [0.05, 0.1) is 0 Å². The zero-order chi connectivity index (χ0) is 22.3. The predicted molar refractivity (Wildman–Crippen MR) is 119 cm³/mol. The lowest BCUT2D eigenvalue weighted by Gasteiger charge is -2.09. The van der Waals surface area contributed by atoms with E-state index >= 15 is 0 Å². The number of ether oxygens (including phenoxy) is 1. The highest BCUT2D eigenvalue weighted by atomic mass is 19.1. The lowest BCUT2D eigenvalue weighted by atomic mass is 10.2. The van der Waals surface area contributed by atoms with Crippen LogP contribution >= 0.6 is 0 Å². The van der Waals surface area contributed by atoms with Crippen LogP contribution in [0.2, 0.25) is 0 Å². The molecule has 1 heterocycles. The Hall–Kier alpha value is -4.39. The smallest absolute Gasteiger partial charge is 0.291 e. The molecule has 0 aliphatic rings. The maximum absolute atomic E-state index is 13.1. The molecule has 1 aromatic heterocycles. The molecule has 0 atom stereocenters. The Kier molecular flexibility index (Phi) is 6.27. The van der Waals surface area contributed by atoms with Crippen molar-refractivity contribution >= 4 is 23.2 Å².